The van der Waals surface area contributed by atoms with Crippen LogP contribution >= 0.6 is 0 Å². The summed E-state index contributed by atoms with van der Waals surface area (Å²) in [6.07, 6.45) is 12.4. The van der Waals surface area contributed by atoms with Gasteiger partial charge in [0.2, 0.25) is 0 Å². The predicted octanol–water partition coefficient (Wildman–Crippen LogP) is 2.77. The molecule has 0 aromatic carbocycles. The first-order valence-electron chi connectivity index (χ1n) is 5.99. The molecule has 4 heteroatoms. The van der Waals surface area contributed by atoms with E-state index >= 15 is 0 Å². The molecule has 1 saturated carbocycles. The smallest absolute Gasteiger partial charge is 0.177 e. The van der Waals surface area contributed by atoms with Gasteiger partial charge in [-0.3, -0.25) is 0 Å². The van der Waals surface area contributed by atoms with Gasteiger partial charge in [-0.25, -0.2) is 4.52 Å². The lowest BCUT2D eigenvalue weighted by molar-refractivity contribution is 0.504. The molecule has 4 nitrogen and oxygen atoms in total. The van der Waals surface area contributed by atoms with Crippen LogP contribution in [0.2, 0.25) is 0 Å². The highest BCUT2D eigenvalue weighted by molar-refractivity contribution is 5.36. The third kappa shape index (κ3) is 3.02. The first kappa shape index (κ1) is 11.0. The van der Waals surface area contributed by atoms with Crippen molar-refractivity contribution in [2.45, 2.75) is 45.4 Å². The van der Waals surface area contributed by atoms with E-state index in [4.69, 9.17) is 0 Å². The second kappa shape index (κ2) is 5.58. The first-order valence-corrected chi connectivity index (χ1v) is 5.99. The number of rotatable bonds is 0. The molecule has 0 aliphatic heterocycles. The van der Waals surface area contributed by atoms with Gasteiger partial charge < -0.3 is 0 Å². The van der Waals surface area contributed by atoms with Gasteiger partial charge in [0.05, 0.1) is 6.20 Å². The van der Waals surface area contributed by atoms with Crippen molar-refractivity contribution in [2.24, 2.45) is 0 Å². The molecule has 0 amide bonds. The Bertz CT molecular complexity index is 420. The summed E-state index contributed by atoms with van der Waals surface area (Å²) in [5.41, 5.74) is 1.89. The molecule has 2 heterocycles. The van der Waals surface area contributed by atoms with Gasteiger partial charge in [0, 0.05) is 0 Å². The van der Waals surface area contributed by atoms with E-state index in [0.29, 0.717) is 0 Å². The lowest BCUT2D eigenvalue weighted by Gasteiger charge is -2.05. The van der Waals surface area contributed by atoms with Crippen LogP contribution in [-0.2, 0) is 0 Å². The summed E-state index contributed by atoms with van der Waals surface area (Å²) in [4.78, 5) is 0. The van der Waals surface area contributed by atoms with Crippen LogP contribution in [0.25, 0.3) is 5.65 Å². The molecule has 0 unspecified atom stereocenters. The molecule has 16 heavy (non-hydrogen) atoms. The number of nitrogens with zero attached hydrogens (tertiary/aromatic N) is 4. The highest BCUT2D eigenvalue weighted by Gasteiger charge is 1.95. The highest BCUT2D eigenvalue weighted by Crippen LogP contribution is 2.15. The molecule has 0 spiro atoms. The van der Waals surface area contributed by atoms with Crippen molar-refractivity contribution < 1.29 is 0 Å². The van der Waals surface area contributed by atoms with Gasteiger partial charge in [-0.15, -0.1) is 10.2 Å². The van der Waals surface area contributed by atoms with Crippen molar-refractivity contribution in [2.75, 3.05) is 0 Å². The zero-order valence-electron chi connectivity index (χ0n) is 9.76. The van der Waals surface area contributed by atoms with Crippen molar-refractivity contribution in [3.05, 3.63) is 24.2 Å². The van der Waals surface area contributed by atoms with E-state index in [1.54, 1.807) is 17.0 Å². The Morgan fingerprint density at radius 2 is 1.69 bits per heavy atom. The van der Waals surface area contributed by atoms with Crippen LogP contribution < -0.4 is 0 Å². The lowest BCUT2D eigenvalue weighted by Crippen LogP contribution is -1.89. The molecule has 2 aromatic heterocycles. The standard InChI is InChI=1S/C6H6N4.C6H12/c1-5-2-6-9-7-4-10(6)8-3-5;1-2-4-6-5-3-1/h2-4H,1H3;1-6H2. The molecule has 1 aliphatic carbocycles. The Balaban J connectivity index is 0.000000138. The van der Waals surface area contributed by atoms with Crippen LogP contribution in [0.15, 0.2) is 18.6 Å². The van der Waals surface area contributed by atoms with E-state index < -0.39 is 0 Å². The number of fused-ring (bicyclic) bond motifs is 1. The van der Waals surface area contributed by atoms with Crippen LogP contribution in [0.4, 0.5) is 0 Å². The molecule has 3 rings (SSSR count). The first-order chi connectivity index (χ1) is 7.86. The highest BCUT2D eigenvalue weighted by atomic mass is 15.3. The third-order valence-electron chi connectivity index (χ3n) is 2.80. The maximum Gasteiger partial charge on any atom is 0.177 e. The molecule has 0 bridgehead atoms. The summed E-state index contributed by atoms with van der Waals surface area (Å²) in [6, 6.07) is 1.93. The lowest BCUT2D eigenvalue weighted by atomic mass is 10.0. The maximum atomic E-state index is 4.03. The summed E-state index contributed by atoms with van der Waals surface area (Å²) < 4.78 is 1.63. The van der Waals surface area contributed by atoms with E-state index in [1.807, 2.05) is 13.0 Å². The number of hydrogen-bond donors (Lipinski definition) is 0. The van der Waals surface area contributed by atoms with Crippen LogP contribution in [0.5, 0.6) is 0 Å². The molecule has 86 valence electrons. The average Bonchev–Trinajstić information content (AvgIpc) is 2.79. The second-order valence-electron chi connectivity index (χ2n) is 4.29. The topological polar surface area (TPSA) is 43.1 Å². The third-order valence-corrected chi connectivity index (χ3v) is 2.80. The monoisotopic (exact) mass is 218 g/mol. The Morgan fingerprint density at radius 1 is 1.06 bits per heavy atom. The molecule has 1 fully saturated rings. The average molecular weight is 218 g/mol. The van der Waals surface area contributed by atoms with Gasteiger partial charge in [0.15, 0.2) is 5.65 Å². The van der Waals surface area contributed by atoms with Crippen molar-refractivity contribution in [1.82, 2.24) is 19.8 Å². The SMILES string of the molecule is C1CCCCC1.Cc1cnn2cnnc2c1. The molecular formula is C12H18N4. The van der Waals surface area contributed by atoms with Gasteiger partial charge in [-0.05, 0) is 18.6 Å². The molecule has 0 N–H and O–H groups in total. The molecule has 1 aliphatic rings. The minimum atomic E-state index is 0.792. The summed E-state index contributed by atoms with van der Waals surface area (Å²) in [5, 5.41) is 11.6. The van der Waals surface area contributed by atoms with Gasteiger partial charge in [-0.1, -0.05) is 38.5 Å². The molecule has 0 radical (unpaired) electrons. The second-order valence-corrected chi connectivity index (χ2v) is 4.29. The normalized spacial score (nSPS) is 15.6. The number of hydrogen-bond acceptors (Lipinski definition) is 3. The summed E-state index contributed by atoms with van der Waals surface area (Å²) in [6.45, 7) is 1.97. The van der Waals surface area contributed by atoms with Crippen LogP contribution in [0.3, 0.4) is 0 Å². The Hall–Kier alpha value is -1.45. The summed E-state index contributed by atoms with van der Waals surface area (Å²) >= 11 is 0. The quantitative estimate of drug-likeness (QED) is 0.683. The predicted molar refractivity (Wildman–Crippen MR) is 63.2 cm³/mol. The fraction of sp³-hybridized carbons (Fsp3) is 0.583. The summed E-state index contributed by atoms with van der Waals surface area (Å²) in [7, 11) is 0. The Labute approximate surface area is 95.7 Å². The van der Waals surface area contributed by atoms with Gasteiger partial charge in [0.25, 0.3) is 0 Å². The van der Waals surface area contributed by atoms with Crippen molar-refractivity contribution in [1.29, 1.82) is 0 Å². The fourth-order valence-electron chi connectivity index (χ4n) is 1.88. The molecular weight excluding hydrogens is 200 g/mol. The maximum absolute atomic E-state index is 4.03. The van der Waals surface area contributed by atoms with Gasteiger partial charge in [0.1, 0.15) is 6.33 Å². The Kier molecular flexibility index (Phi) is 3.86. The Morgan fingerprint density at radius 3 is 2.31 bits per heavy atom. The van der Waals surface area contributed by atoms with Crippen molar-refractivity contribution >= 4 is 5.65 Å². The minimum absolute atomic E-state index is 0.792. The van der Waals surface area contributed by atoms with Crippen LogP contribution in [0, 0.1) is 6.92 Å². The zero-order valence-corrected chi connectivity index (χ0v) is 9.76. The fourth-order valence-corrected chi connectivity index (χ4v) is 1.88. The molecule has 0 atom stereocenters. The molecule has 2 aromatic rings. The van der Waals surface area contributed by atoms with Crippen LogP contribution in [-0.4, -0.2) is 19.8 Å². The van der Waals surface area contributed by atoms with Gasteiger partial charge >= 0.3 is 0 Å². The number of aromatic nitrogens is 4. The van der Waals surface area contributed by atoms with E-state index in [0.717, 1.165) is 11.2 Å². The van der Waals surface area contributed by atoms with E-state index in [1.165, 1.54) is 38.5 Å². The van der Waals surface area contributed by atoms with Crippen LogP contribution in [0.1, 0.15) is 44.1 Å². The van der Waals surface area contributed by atoms with E-state index in [2.05, 4.69) is 15.3 Å². The largest absolute Gasteiger partial charge is 0.201 e. The molecule has 0 saturated heterocycles. The van der Waals surface area contributed by atoms with Crippen molar-refractivity contribution in [3.63, 3.8) is 0 Å². The van der Waals surface area contributed by atoms with Crippen molar-refractivity contribution in [3.8, 4) is 0 Å². The number of aryl methyl sites for hydroxylation is 1. The summed E-state index contributed by atoms with van der Waals surface area (Å²) in [5.74, 6) is 0. The van der Waals surface area contributed by atoms with E-state index in [-0.39, 0.29) is 0 Å². The van der Waals surface area contributed by atoms with E-state index in [9.17, 15) is 0 Å². The van der Waals surface area contributed by atoms with Gasteiger partial charge in [-0.2, -0.15) is 5.10 Å². The minimum Gasteiger partial charge on any atom is -0.201 e. The zero-order chi connectivity index (χ0) is 11.2.